The Kier molecular flexibility index (Phi) is 4.51. The summed E-state index contributed by atoms with van der Waals surface area (Å²) in [6.45, 7) is 0.889. The van der Waals surface area contributed by atoms with Gasteiger partial charge in [-0.2, -0.15) is 0 Å². The van der Waals surface area contributed by atoms with Crippen molar-refractivity contribution in [1.82, 2.24) is 10.2 Å². The van der Waals surface area contributed by atoms with Gasteiger partial charge in [0.2, 0.25) is 0 Å². The van der Waals surface area contributed by atoms with Gasteiger partial charge >= 0.3 is 6.03 Å². The van der Waals surface area contributed by atoms with Crippen LogP contribution in [-0.4, -0.2) is 62.7 Å². The van der Waals surface area contributed by atoms with Crippen molar-refractivity contribution in [1.29, 1.82) is 0 Å². The molecule has 1 atom stereocenters. The highest BCUT2D eigenvalue weighted by Gasteiger charge is 2.52. The lowest BCUT2D eigenvalue weighted by Gasteiger charge is -2.57. The Morgan fingerprint density at radius 2 is 1.76 bits per heavy atom. The van der Waals surface area contributed by atoms with E-state index >= 15 is 0 Å². The number of urea groups is 1. The summed E-state index contributed by atoms with van der Waals surface area (Å²) in [5.41, 5.74) is -0.0470. The Labute approximate surface area is 150 Å². The summed E-state index contributed by atoms with van der Waals surface area (Å²) in [7, 11) is -1.40. The van der Waals surface area contributed by atoms with Gasteiger partial charge in [-0.05, 0) is 62.7 Å². The Bertz CT molecular complexity index is 598. The van der Waals surface area contributed by atoms with E-state index in [1.165, 1.54) is 19.3 Å². The van der Waals surface area contributed by atoms with Crippen LogP contribution in [0.1, 0.15) is 44.9 Å². The van der Waals surface area contributed by atoms with E-state index < -0.39 is 9.84 Å². The lowest BCUT2D eigenvalue weighted by molar-refractivity contribution is -0.0166. The van der Waals surface area contributed by atoms with Crippen molar-refractivity contribution in [2.45, 2.75) is 56.5 Å². The fraction of sp³-hybridized carbons (Fsp3) is 0.944. The molecule has 25 heavy (non-hydrogen) atoms. The monoisotopic (exact) mass is 370 g/mol. The molecule has 1 heterocycles. The Morgan fingerprint density at radius 3 is 2.24 bits per heavy atom. The van der Waals surface area contributed by atoms with E-state index in [0.717, 1.165) is 37.0 Å². The minimum atomic E-state index is -3.01. The average Bonchev–Trinajstić information content (AvgIpc) is 2.85. The number of sulfone groups is 1. The lowest BCUT2D eigenvalue weighted by Crippen LogP contribution is -2.63. The number of amides is 2. The van der Waals surface area contributed by atoms with Crippen molar-refractivity contribution in [3.63, 3.8) is 0 Å². The molecule has 4 aliphatic carbocycles. The summed E-state index contributed by atoms with van der Waals surface area (Å²) in [6.07, 6.45) is 7.86. The molecule has 1 unspecified atom stereocenters. The second kappa shape index (κ2) is 6.41. The van der Waals surface area contributed by atoms with Gasteiger partial charge in [0.05, 0.1) is 18.1 Å². The van der Waals surface area contributed by atoms with Crippen LogP contribution in [0.4, 0.5) is 4.79 Å². The molecule has 0 aromatic rings. The second-order valence-corrected chi connectivity index (χ2v) is 11.1. The number of hydrogen-bond donors (Lipinski definition) is 1. The smallest absolute Gasteiger partial charge is 0.318 e. The first-order valence-corrected chi connectivity index (χ1v) is 11.5. The maximum Gasteiger partial charge on any atom is 0.318 e. The summed E-state index contributed by atoms with van der Waals surface area (Å²) >= 11 is 0. The molecule has 5 aliphatic rings. The van der Waals surface area contributed by atoms with E-state index in [1.807, 2.05) is 0 Å². The van der Waals surface area contributed by atoms with E-state index in [4.69, 9.17) is 4.74 Å². The van der Waals surface area contributed by atoms with E-state index in [2.05, 4.69) is 5.32 Å². The van der Waals surface area contributed by atoms with Crippen molar-refractivity contribution >= 4 is 15.9 Å². The normalized spacial score (nSPS) is 41.0. The predicted molar refractivity (Wildman–Crippen MR) is 95.1 cm³/mol. The van der Waals surface area contributed by atoms with Crippen molar-refractivity contribution in [2.75, 3.05) is 31.8 Å². The van der Waals surface area contributed by atoms with Crippen LogP contribution in [0.3, 0.4) is 0 Å². The van der Waals surface area contributed by atoms with Crippen LogP contribution < -0.4 is 5.32 Å². The molecule has 1 N–H and O–H groups in total. The number of carbonyl (C=O) groups excluding carboxylic acids is 1. The van der Waals surface area contributed by atoms with Gasteiger partial charge in [-0.25, -0.2) is 13.2 Å². The van der Waals surface area contributed by atoms with Crippen LogP contribution in [0.2, 0.25) is 0 Å². The first-order valence-electron chi connectivity index (χ1n) is 9.66. The molecule has 4 saturated carbocycles. The van der Waals surface area contributed by atoms with Crippen molar-refractivity contribution in [3.8, 4) is 0 Å². The molecule has 2 amide bonds. The second-order valence-electron chi connectivity index (χ2n) is 8.87. The van der Waals surface area contributed by atoms with Crippen LogP contribution in [0.15, 0.2) is 0 Å². The third-order valence-electron chi connectivity index (χ3n) is 6.86. The fourth-order valence-corrected chi connectivity index (χ4v) is 7.95. The highest BCUT2D eigenvalue weighted by atomic mass is 32.2. The van der Waals surface area contributed by atoms with E-state index in [0.29, 0.717) is 19.6 Å². The van der Waals surface area contributed by atoms with Crippen molar-refractivity contribution in [2.24, 2.45) is 17.8 Å². The van der Waals surface area contributed by atoms with Gasteiger partial charge in [0, 0.05) is 25.2 Å². The number of rotatable bonds is 5. The molecular weight excluding hydrogens is 340 g/mol. The van der Waals surface area contributed by atoms with Crippen LogP contribution in [0.5, 0.6) is 0 Å². The summed E-state index contributed by atoms with van der Waals surface area (Å²) in [4.78, 5) is 14.8. The molecule has 6 nitrogen and oxygen atoms in total. The van der Waals surface area contributed by atoms with E-state index in [1.54, 1.807) is 12.0 Å². The molecule has 0 spiro atoms. The van der Waals surface area contributed by atoms with Gasteiger partial charge in [0.15, 0.2) is 9.84 Å². The molecular formula is C18H30N2O4S. The minimum absolute atomic E-state index is 0.0470. The molecule has 4 bridgehead atoms. The summed E-state index contributed by atoms with van der Waals surface area (Å²) < 4.78 is 28.9. The van der Waals surface area contributed by atoms with Crippen molar-refractivity contribution in [3.05, 3.63) is 0 Å². The number of nitrogens with one attached hydrogen (secondary N) is 1. The fourth-order valence-electron chi connectivity index (χ4n) is 6.22. The number of hydrogen-bond acceptors (Lipinski definition) is 4. The molecule has 0 aromatic carbocycles. The van der Waals surface area contributed by atoms with Gasteiger partial charge in [-0.3, -0.25) is 0 Å². The quantitative estimate of drug-likeness (QED) is 0.801. The van der Waals surface area contributed by atoms with E-state index in [9.17, 15) is 13.2 Å². The molecule has 142 valence electrons. The van der Waals surface area contributed by atoms with Crippen LogP contribution in [0, 0.1) is 17.8 Å². The maximum absolute atomic E-state index is 13.1. The molecule has 0 aromatic heterocycles. The molecule has 0 radical (unpaired) electrons. The maximum atomic E-state index is 13.1. The predicted octanol–water partition coefficient (Wildman–Crippen LogP) is 1.80. The van der Waals surface area contributed by atoms with E-state index in [-0.39, 0.29) is 29.1 Å². The van der Waals surface area contributed by atoms with Crippen LogP contribution in [-0.2, 0) is 14.6 Å². The largest absolute Gasteiger partial charge is 0.383 e. The zero-order valence-electron chi connectivity index (χ0n) is 15.1. The molecule has 5 rings (SSSR count). The topological polar surface area (TPSA) is 75.7 Å². The summed E-state index contributed by atoms with van der Waals surface area (Å²) in [5, 5.41) is 3.37. The third-order valence-corrected chi connectivity index (χ3v) is 8.61. The zero-order chi connectivity index (χ0) is 17.7. The first-order chi connectivity index (χ1) is 11.9. The standard InChI is InChI=1S/C18H30N2O4S/c1-24-4-3-20(16-2-5-25(22,23)12-16)17(21)19-18-9-13-6-14(10-18)8-15(7-13)11-18/h13-16H,2-12H2,1H3,(H,19,21). The molecule has 1 saturated heterocycles. The van der Waals surface area contributed by atoms with Crippen LogP contribution in [0.25, 0.3) is 0 Å². The summed E-state index contributed by atoms with van der Waals surface area (Å²) in [6, 6.07) is -0.296. The minimum Gasteiger partial charge on any atom is -0.383 e. The summed E-state index contributed by atoms with van der Waals surface area (Å²) in [5.74, 6) is 2.58. The number of methoxy groups -OCH3 is 1. The van der Waals surface area contributed by atoms with Crippen LogP contribution >= 0.6 is 0 Å². The Hall–Kier alpha value is -0.820. The van der Waals surface area contributed by atoms with Gasteiger partial charge < -0.3 is 15.0 Å². The van der Waals surface area contributed by atoms with Gasteiger partial charge in [0.25, 0.3) is 0 Å². The highest BCUT2D eigenvalue weighted by molar-refractivity contribution is 7.91. The third kappa shape index (κ3) is 3.54. The number of carbonyl (C=O) groups is 1. The zero-order valence-corrected chi connectivity index (χ0v) is 15.9. The van der Waals surface area contributed by atoms with Gasteiger partial charge in [-0.1, -0.05) is 0 Å². The molecule has 1 aliphatic heterocycles. The number of ether oxygens (including phenoxy) is 1. The number of nitrogens with zero attached hydrogens (tertiary/aromatic N) is 1. The Balaban J connectivity index is 1.47. The lowest BCUT2D eigenvalue weighted by atomic mass is 9.53. The van der Waals surface area contributed by atoms with Gasteiger partial charge in [0.1, 0.15) is 0 Å². The average molecular weight is 371 g/mol. The van der Waals surface area contributed by atoms with Gasteiger partial charge in [-0.15, -0.1) is 0 Å². The molecule has 5 fully saturated rings. The Morgan fingerprint density at radius 1 is 1.16 bits per heavy atom. The molecule has 7 heteroatoms. The SMILES string of the molecule is COCCN(C(=O)NC12CC3CC(CC(C3)C1)C2)C1CCS(=O)(=O)C1. The highest BCUT2D eigenvalue weighted by Crippen LogP contribution is 2.55. The first kappa shape index (κ1) is 17.6. The van der Waals surface area contributed by atoms with Crippen molar-refractivity contribution < 1.29 is 17.9 Å².